The minimum Gasteiger partial charge on any atom is -0.456 e. The standard InChI is InChI=1S/C19H12INO/c1-11-6-7-16-13(8-11)14-10-19-15(9-17(14)21(16)20)12-4-2-3-5-18(12)22-19/h2-10H,1H3. The van der Waals surface area contributed by atoms with Crippen LogP contribution in [-0.4, -0.2) is 2.78 Å². The molecule has 0 amide bonds. The molecule has 5 rings (SSSR count). The van der Waals surface area contributed by atoms with Crippen molar-refractivity contribution in [3.63, 3.8) is 0 Å². The monoisotopic (exact) mass is 397 g/mol. The zero-order valence-electron chi connectivity index (χ0n) is 11.9. The fourth-order valence-electron chi connectivity index (χ4n) is 3.30. The molecule has 0 spiro atoms. The Balaban J connectivity index is 2.05. The number of aromatic nitrogens is 1. The predicted molar refractivity (Wildman–Crippen MR) is 101 cm³/mol. The highest BCUT2D eigenvalue weighted by atomic mass is 127. The molecular weight excluding hydrogens is 385 g/mol. The molecule has 22 heavy (non-hydrogen) atoms. The number of furan rings is 1. The molecule has 5 aromatic rings. The summed E-state index contributed by atoms with van der Waals surface area (Å²) >= 11 is 2.38. The second-order valence-corrected chi connectivity index (χ2v) is 6.73. The van der Waals surface area contributed by atoms with Gasteiger partial charge in [-0.2, -0.15) is 0 Å². The second kappa shape index (κ2) is 4.26. The molecule has 0 aliphatic heterocycles. The summed E-state index contributed by atoms with van der Waals surface area (Å²) in [5, 5.41) is 4.89. The minimum absolute atomic E-state index is 0.950. The van der Waals surface area contributed by atoms with Gasteiger partial charge in [-0.1, -0.05) is 29.8 Å². The van der Waals surface area contributed by atoms with E-state index in [-0.39, 0.29) is 0 Å². The summed E-state index contributed by atoms with van der Waals surface area (Å²) < 4.78 is 8.28. The number of hydrogen-bond donors (Lipinski definition) is 0. The summed E-state index contributed by atoms with van der Waals surface area (Å²) in [6.45, 7) is 2.13. The predicted octanol–water partition coefficient (Wildman–Crippen LogP) is 6.20. The molecule has 0 bridgehead atoms. The molecule has 2 nitrogen and oxygen atoms in total. The van der Waals surface area contributed by atoms with Crippen LogP contribution in [0.5, 0.6) is 0 Å². The van der Waals surface area contributed by atoms with Gasteiger partial charge in [-0.05, 0) is 37.3 Å². The molecule has 2 aromatic heterocycles. The van der Waals surface area contributed by atoms with Gasteiger partial charge in [-0.3, -0.25) is 2.78 Å². The third kappa shape index (κ3) is 1.54. The number of nitrogens with zero attached hydrogens (tertiary/aromatic N) is 1. The summed E-state index contributed by atoms with van der Waals surface area (Å²) in [4.78, 5) is 0. The van der Waals surface area contributed by atoms with Crippen LogP contribution in [0.15, 0.2) is 59.0 Å². The molecule has 0 atom stereocenters. The average Bonchev–Trinajstić information content (AvgIpc) is 3.02. The number of rotatable bonds is 0. The fourth-order valence-corrected chi connectivity index (χ4v) is 4.12. The molecule has 0 fully saturated rings. The van der Waals surface area contributed by atoms with E-state index in [0.29, 0.717) is 0 Å². The fraction of sp³-hybridized carbons (Fsp3) is 0.0526. The van der Waals surface area contributed by atoms with Gasteiger partial charge in [0.15, 0.2) is 0 Å². The maximum Gasteiger partial charge on any atom is 0.136 e. The summed E-state index contributed by atoms with van der Waals surface area (Å²) in [6.07, 6.45) is 0. The van der Waals surface area contributed by atoms with Crippen LogP contribution in [-0.2, 0) is 0 Å². The molecule has 3 aromatic carbocycles. The van der Waals surface area contributed by atoms with Gasteiger partial charge >= 0.3 is 0 Å². The molecule has 0 aliphatic rings. The molecule has 0 saturated carbocycles. The highest BCUT2D eigenvalue weighted by Gasteiger charge is 2.14. The van der Waals surface area contributed by atoms with Gasteiger partial charge in [0, 0.05) is 21.5 Å². The lowest BCUT2D eigenvalue weighted by molar-refractivity contribution is 0.669. The molecular formula is C19H12INO. The Morgan fingerprint density at radius 2 is 1.59 bits per heavy atom. The van der Waals surface area contributed by atoms with Gasteiger partial charge in [-0.25, -0.2) is 0 Å². The van der Waals surface area contributed by atoms with E-state index in [4.69, 9.17) is 4.42 Å². The molecule has 0 unspecified atom stereocenters. The molecule has 2 heterocycles. The molecule has 3 heteroatoms. The normalized spacial score (nSPS) is 12.1. The van der Waals surface area contributed by atoms with Crippen molar-refractivity contribution in [1.29, 1.82) is 0 Å². The summed E-state index contributed by atoms with van der Waals surface area (Å²) in [7, 11) is 0. The van der Waals surface area contributed by atoms with Gasteiger partial charge in [-0.15, -0.1) is 0 Å². The van der Waals surface area contributed by atoms with Crippen molar-refractivity contribution in [2.24, 2.45) is 0 Å². The van der Waals surface area contributed by atoms with E-state index < -0.39 is 0 Å². The largest absolute Gasteiger partial charge is 0.456 e. The van der Waals surface area contributed by atoms with Crippen LogP contribution in [0.4, 0.5) is 0 Å². The number of fused-ring (bicyclic) bond motifs is 6. The molecule has 106 valence electrons. The van der Waals surface area contributed by atoms with Crippen LogP contribution in [0, 0.1) is 6.92 Å². The first kappa shape index (κ1) is 12.5. The third-order valence-corrected chi connectivity index (χ3v) is 5.40. The summed E-state index contributed by atoms with van der Waals surface area (Å²) in [5.74, 6) is 0. The number of aryl methyl sites for hydroxylation is 1. The van der Waals surface area contributed by atoms with E-state index in [1.54, 1.807) is 0 Å². The first-order valence-corrected chi connectivity index (χ1v) is 8.21. The maximum atomic E-state index is 6.04. The van der Waals surface area contributed by atoms with Crippen molar-refractivity contribution in [1.82, 2.24) is 2.78 Å². The zero-order chi connectivity index (χ0) is 14.8. The smallest absolute Gasteiger partial charge is 0.136 e. The molecule has 0 N–H and O–H groups in total. The number of para-hydroxylation sites is 1. The number of benzene rings is 3. The lowest BCUT2D eigenvalue weighted by atomic mass is 10.1. The van der Waals surface area contributed by atoms with Crippen molar-refractivity contribution in [3.05, 3.63) is 60.2 Å². The van der Waals surface area contributed by atoms with Crippen molar-refractivity contribution in [3.8, 4) is 0 Å². The van der Waals surface area contributed by atoms with E-state index in [2.05, 4.69) is 75.0 Å². The Hall–Kier alpha value is -2.01. The Labute approximate surface area is 140 Å². The first-order valence-electron chi connectivity index (χ1n) is 7.24. The van der Waals surface area contributed by atoms with Gasteiger partial charge in [0.2, 0.25) is 0 Å². The Morgan fingerprint density at radius 1 is 0.773 bits per heavy atom. The highest BCUT2D eigenvalue weighted by Crippen LogP contribution is 2.37. The molecule has 0 radical (unpaired) electrons. The Bertz CT molecular complexity index is 1200. The van der Waals surface area contributed by atoms with Crippen LogP contribution in [0.1, 0.15) is 5.56 Å². The van der Waals surface area contributed by atoms with Crippen LogP contribution >= 0.6 is 22.9 Å². The summed E-state index contributed by atoms with van der Waals surface area (Å²) in [6, 6.07) is 19.3. The topological polar surface area (TPSA) is 18.1 Å². The van der Waals surface area contributed by atoms with Crippen molar-refractivity contribution >= 4 is 66.6 Å². The highest BCUT2D eigenvalue weighted by molar-refractivity contribution is 14.1. The number of halogens is 1. The van der Waals surface area contributed by atoms with E-state index in [0.717, 1.165) is 11.2 Å². The minimum atomic E-state index is 0.950. The SMILES string of the molecule is Cc1ccc2c(c1)c1cc3oc4ccccc4c3cc1n2I. The lowest BCUT2D eigenvalue weighted by Gasteiger charge is -1.95. The van der Waals surface area contributed by atoms with E-state index in [1.807, 2.05) is 12.1 Å². The molecule has 0 saturated heterocycles. The Kier molecular flexibility index (Phi) is 2.42. The van der Waals surface area contributed by atoms with Crippen LogP contribution in [0.25, 0.3) is 43.7 Å². The summed E-state index contributed by atoms with van der Waals surface area (Å²) in [5.41, 5.74) is 5.67. The van der Waals surface area contributed by atoms with Crippen LogP contribution in [0.2, 0.25) is 0 Å². The van der Waals surface area contributed by atoms with Gasteiger partial charge in [0.1, 0.15) is 11.2 Å². The zero-order valence-corrected chi connectivity index (χ0v) is 14.1. The number of hydrogen-bond acceptors (Lipinski definition) is 1. The van der Waals surface area contributed by atoms with E-state index >= 15 is 0 Å². The van der Waals surface area contributed by atoms with Crippen LogP contribution < -0.4 is 0 Å². The third-order valence-electron chi connectivity index (χ3n) is 4.36. The van der Waals surface area contributed by atoms with Crippen molar-refractivity contribution in [2.45, 2.75) is 6.92 Å². The van der Waals surface area contributed by atoms with E-state index in [9.17, 15) is 0 Å². The van der Waals surface area contributed by atoms with Crippen LogP contribution in [0.3, 0.4) is 0 Å². The molecule has 0 aliphatic carbocycles. The average molecular weight is 397 g/mol. The van der Waals surface area contributed by atoms with Gasteiger partial charge in [0.25, 0.3) is 0 Å². The van der Waals surface area contributed by atoms with Gasteiger partial charge in [0.05, 0.1) is 33.9 Å². The quantitative estimate of drug-likeness (QED) is 0.285. The van der Waals surface area contributed by atoms with Crippen molar-refractivity contribution < 1.29 is 4.42 Å². The van der Waals surface area contributed by atoms with Gasteiger partial charge < -0.3 is 4.42 Å². The van der Waals surface area contributed by atoms with Crippen molar-refractivity contribution in [2.75, 3.05) is 0 Å². The Morgan fingerprint density at radius 3 is 2.50 bits per heavy atom. The lowest BCUT2D eigenvalue weighted by Crippen LogP contribution is -1.77. The maximum absolute atomic E-state index is 6.04. The second-order valence-electron chi connectivity index (χ2n) is 5.77. The van der Waals surface area contributed by atoms with E-state index in [1.165, 1.54) is 38.1 Å². The first-order chi connectivity index (χ1) is 10.7.